The lowest BCUT2D eigenvalue weighted by molar-refractivity contribution is -0.137. The average molecular weight is 319 g/mol. The highest BCUT2D eigenvalue weighted by atomic mass is 35.5. The lowest BCUT2D eigenvalue weighted by Crippen LogP contribution is -2.14. The zero-order chi connectivity index (χ0) is 14.9. The first kappa shape index (κ1) is 14.9. The summed E-state index contributed by atoms with van der Waals surface area (Å²) in [5.41, 5.74) is -1.51. The van der Waals surface area contributed by atoms with E-state index in [-0.39, 0.29) is 15.6 Å². The summed E-state index contributed by atoms with van der Waals surface area (Å²) in [5.74, 6) is -0.814. The predicted molar refractivity (Wildman–Crippen MR) is 71.3 cm³/mol. The van der Waals surface area contributed by atoms with E-state index >= 15 is 0 Å². The van der Waals surface area contributed by atoms with Gasteiger partial charge in [-0.1, -0.05) is 47.5 Å². The lowest BCUT2D eigenvalue weighted by atomic mass is 9.98. The fraction of sp³-hybridized carbons (Fsp3) is 0.0714. The van der Waals surface area contributed by atoms with E-state index in [1.165, 1.54) is 30.3 Å². The van der Waals surface area contributed by atoms with Crippen LogP contribution in [0.1, 0.15) is 21.5 Å². The predicted octanol–water partition coefficient (Wildman–Crippen LogP) is 5.24. The molecule has 0 spiro atoms. The molecule has 0 aromatic heterocycles. The molecule has 0 aliphatic carbocycles. The number of rotatable bonds is 2. The number of carbonyl (C=O) groups is 1. The highest BCUT2D eigenvalue weighted by Gasteiger charge is 2.35. The summed E-state index contributed by atoms with van der Waals surface area (Å²) in [5, 5.41) is 0.0538. The van der Waals surface area contributed by atoms with Gasteiger partial charge in [0.05, 0.1) is 15.6 Å². The summed E-state index contributed by atoms with van der Waals surface area (Å²) in [7, 11) is 0. The Kier molecular flexibility index (Phi) is 4.06. The van der Waals surface area contributed by atoms with Crippen LogP contribution in [0.2, 0.25) is 10.0 Å². The van der Waals surface area contributed by atoms with Gasteiger partial charge in [-0.3, -0.25) is 4.79 Å². The molecule has 0 atom stereocenters. The highest BCUT2D eigenvalue weighted by molar-refractivity contribution is 6.44. The molecule has 2 aromatic carbocycles. The van der Waals surface area contributed by atoms with E-state index in [1.54, 1.807) is 0 Å². The van der Waals surface area contributed by atoms with Crippen molar-refractivity contribution in [1.82, 2.24) is 0 Å². The highest BCUT2D eigenvalue weighted by Crippen LogP contribution is 2.34. The molecule has 0 aliphatic rings. The van der Waals surface area contributed by atoms with Crippen molar-refractivity contribution in [1.29, 1.82) is 0 Å². The summed E-state index contributed by atoms with van der Waals surface area (Å²) in [6, 6.07) is 8.80. The second-order valence-electron chi connectivity index (χ2n) is 3.97. The molecule has 0 N–H and O–H groups in total. The van der Waals surface area contributed by atoms with E-state index in [2.05, 4.69) is 0 Å². The third-order valence-electron chi connectivity index (χ3n) is 2.67. The number of ketones is 1. The molecule has 1 nitrogen and oxygen atoms in total. The molecule has 6 heteroatoms. The molecular formula is C14H7Cl2F3O. The van der Waals surface area contributed by atoms with Crippen LogP contribution in [0.15, 0.2) is 42.5 Å². The van der Waals surface area contributed by atoms with Gasteiger partial charge in [-0.05, 0) is 18.2 Å². The Labute approximate surface area is 122 Å². The summed E-state index contributed by atoms with van der Waals surface area (Å²) < 4.78 is 38.7. The first-order chi connectivity index (χ1) is 9.32. The van der Waals surface area contributed by atoms with Gasteiger partial charge in [-0.15, -0.1) is 0 Å². The molecule has 2 aromatic rings. The third-order valence-corrected chi connectivity index (χ3v) is 3.49. The number of benzene rings is 2. The Morgan fingerprint density at radius 1 is 0.900 bits per heavy atom. The molecule has 0 heterocycles. The van der Waals surface area contributed by atoms with Gasteiger partial charge in [0.25, 0.3) is 0 Å². The molecule has 0 fully saturated rings. The number of halogens is 5. The topological polar surface area (TPSA) is 17.1 Å². The second-order valence-corrected chi connectivity index (χ2v) is 4.76. The Morgan fingerprint density at radius 2 is 1.50 bits per heavy atom. The number of hydrogen-bond donors (Lipinski definition) is 0. The van der Waals surface area contributed by atoms with Crippen LogP contribution in [0.25, 0.3) is 0 Å². The van der Waals surface area contributed by atoms with Gasteiger partial charge in [-0.2, -0.15) is 13.2 Å². The van der Waals surface area contributed by atoms with Crippen LogP contribution in [0.3, 0.4) is 0 Å². The largest absolute Gasteiger partial charge is 0.417 e. The molecule has 2 rings (SSSR count). The standard InChI is InChI=1S/C14H7Cl2F3O/c15-11-7-3-5-9(12(11)16)13(20)8-4-1-2-6-10(8)14(17,18)19/h1-7H. The molecule has 0 saturated heterocycles. The molecular weight excluding hydrogens is 312 g/mol. The minimum atomic E-state index is -4.61. The molecule has 104 valence electrons. The monoisotopic (exact) mass is 318 g/mol. The van der Waals surface area contributed by atoms with Crippen LogP contribution in [0, 0.1) is 0 Å². The van der Waals surface area contributed by atoms with E-state index in [4.69, 9.17) is 23.2 Å². The maximum Gasteiger partial charge on any atom is 0.417 e. The fourth-order valence-electron chi connectivity index (χ4n) is 1.75. The Bertz CT molecular complexity index is 666. The van der Waals surface area contributed by atoms with Crippen molar-refractivity contribution in [2.45, 2.75) is 6.18 Å². The van der Waals surface area contributed by atoms with Gasteiger partial charge in [0.15, 0.2) is 5.78 Å². The van der Waals surface area contributed by atoms with Gasteiger partial charge in [0.2, 0.25) is 0 Å². The summed E-state index contributed by atoms with van der Waals surface area (Å²) in [4.78, 5) is 12.2. The van der Waals surface area contributed by atoms with E-state index in [1.807, 2.05) is 0 Å². The first-order valence-corrected chi connectivity index (χ1v) is 6.23. The van der Waals surface area contributed by atoms with Crippen LogP contribution in [0.5, 0.6) is 0 Å². The second kappa shape index (κ2) is 5.46. The third kappa shape index (κ3) is 2.81. The lowest BCUT2D eigenvalue weighted by Gasteiger charge is -2.12. The van der Waals surface area contributed by atoms with E-state index < -0.39 is 23.1 Å². The van der Waals surface area contributed by atoms with Gasteiger partial charge in [0.1, 0.15) is 0 Å². The fourth-order valence-corrected chi connectivity index (χ4v) is 2.14. The maximum atomic E-state index is 12.9. The molecule has 0 unspecified atom stereocenters. The molecule has 0 radical (unpaired) electrons. The van der Waals surface area contributed by atoms with Crippen molar-refractivity contribution >= 4 is 29.0 Å². The smallest absolute Gasteiger partial charge is 0.289 e. The molecule has 0 bridgehead atoms. The summed E-state index contributed by atoms with van der Waals surface area (Å²) >= 11 is 11.6. The van der Waals surface area contributed by atoms with Crippen LogP contribution in [-0.4, -0.2) is 5.78 Å². The summed E-state index contributed by atoms with van der Waals surface area (Å²) in [6.45, 7) is 0. The van der Waals surface area contributed by atoms with Crippen LogP contribution >= 0.6 is 23.2 Å². The molecule has 0 aliphatic heterocycles. The van der Waals surface area contributed by atoms with Crippen LogP contribution in [0.4, 0.5) is 13.2 Å². The van der Waals surface area contributed by atoms with E-state index in [0.717, 1.165) is 12.1 Å². The van der Waals surface area contributed by atoms with Crippen molar-refractivity contribution in [2.75, 3.05) is 0 Å². The summed E-state index contributed by atoms with van der Waals surface area (Å²) in [6.07, 6.45) is -4.61. The van der Waals surface area contributed by atoms with Gasteiger partial charge < -0.3 is 0 Å². The Morgan fingerprint density at radius 3 is 2.15 bits per heavy atom. The van der Waals surface area contributed by atoms with Crippen molar-refractivity contribution in [3.8, 4) is 0 Å². The maximum absolute atomic E-state index is 12.9. The number of hydrogen-bond acceptors (Lipinski definition) is 1. The van der Waals surface area contributed by atoms with Crippen molar-refractivity contribution < 1.29 is 18.0 Å². The molecule has 20 heavy (non-hydrogen) atoms. The molecule has 0 saturated carbocycles. The SMILES string of the molecule is O=C(c1ccccc1C(F)(F)F)c1cccc(Cl)c1Cl. The van der Waals surface area contributed by atoms with E-state index in [0.29, 0.717) is 0 Å². The van der Waals surface area contributed by atoms with Crippen molar-refractivity contribution in [3.05, 3.63) is 69.2 Å². The van der Waals surface area contributed by atoms with Gasteiger partial charge in [0, 0.05) is 11.1 Å². The average Bonchev–Trinajstić information content (AvgIpc) is 2.40. The Hall–Kier alpha value is -1.52. The van der Waals surface area contributed by atoms with Crippen LogP contribution in [-0.2, 0) is 6.18 Å². The van der Waals surface area contributed by atoms with Crippen molar-refractivity contribution in [3.63, 3.8) is 0 Å². The van der Waals surface area contributed by atoms with Gasteiger partial charge >= 0.3 is 6.18 Å². The number of alkyl halides is 3. The normalized spacial score (nSPS) is 11.4. The van der Waals surface area contributed by atoms with Gasteiger partial charge in [-0.25, -0.2) is 0 Å². The number of carbonyl (C=O) groups excluding carboxylic acids is 1. The Balaban J connectivity index is 2.58. The molecule has 0 amide bonds. The van der Waals surface area contributed by atoms with E-state index in [9.17, 15) is 18.0 Å². The first-order valence-electron chi connectivity index (χ1n) is 5.47. The zero-order valence-corrected chi connectivity index (χ0v) is 11.4. The minimum absolute atomic E-state index is 0.0591. The van der Waals surface area contributed by atoms with Crippen molar-refractivity contribution in [2.24, 2.45) is 0 Å². The minimum Gasteiger partial charge on any atom is -0.289 e. The van der Waals surface area contributed by atoms with Crippen LogP contribution < -0.4 is 0 Å². The quantitative estimate of drug-likeness (QED) is 0.692. The zero-order valence-electron chi connectivity index (χ0n) is 9.84.